The molecule has 0 spiro atoms. The molecular weight excluding hydrogens is 194 g/mol. The average molecular weight is 211 g/mol. The summed E-state index contributed by atoms with van der Waals surface area (Å²) in [5.74, 6) is 0. The second-order valence-corrected chi connectivity index (χ2v) is 3.67. The number of aromatic nitrogens is 2. The maximum atomic E-state index is 5.63. The van der Waals surface area contributed by atoms with Crippen molar-refractivity contribution in [3.63, 3.8) is 0 Å². The van der Waals surface area contributed by atoms with Crippen molar-refractivity contribution < 1.29 is 9.47 Å². The van der Waals surface area contributed by atoms with Gasteiger partial charge >= 0.3 is 0 Å². The predicted octanol–water partition coefficient (Wildman–Crippen LogP) is 0.666. The smallest absolute Gasteiger partial charge is 0.201 e. The number of ether oxygens (including phenoxy) is 2. The van der Waals surface area contributed by atoms with E-state index in [-0.39, 0.29) is 12.4 Å². The Kier molecular flexibility index (Phi) is 3.35. The molecule has 0 aliphatic carbocycles. The summed E-state index contributed by atoms with van der Waals surface area (Å²) >= 11 is 0. The van der Waals surface area contributed by atoms with Gasteiger partial charge in [0.15, 0.2) is 0 Å². The molecular formula is C10H17N3O2. The summed E-state index contributed by atoms with van der Waals surface area (Å²) in [7, 11) is 0. The summed E-state index contributed by atoms with van der Waals surface area (Å²) in [5.41, 5.74) is 6.50. The lowest BCUT2D eigenvalue weighted by atomic mass is 10.4. The number of hydrogen-bond acceptors (Lipinski definition) is 4. The molecule has 0 amide bonds. The van der Waals surface area contributed by atoms with Gasteiger partial charge in [0.05, 0.1) is 30.9 Å². The zero-order valence-corrected chi connectivity index (χ0v) is 8.93. The third-order valence-corrected chi connectivity index (χ3v) is 2.46. The first-order valence-electron chi connectivity index (χ1n) is 5.32. The minimum absolute atomic E-state index is 0.0139. The van der Waals surface area contributed by atoms with Crippen molar-refractivity contribution >= 4 is 0 Å². The summed E-state index contributed by atoms with van der Waals surface area (Å²) in [6.07, 6.45) is 4.38. The Morgan fingerprint density at radius 2 is 2.53 bits per heavy atom. The van der Waals surface area contributed by atoms with Crippen LogP contribution in [0.15, 0.2) is 12.5 Å². The summed E-state index contributed by atoms with van der Waals surface area (Å²) < 4.78 is 13.2. The van der Waals surface area contributed by atoms with Crippen LogP contribution in [0.25, 0.3) is 0 Å². The third kappa shape index (κ3) is 2.19. The Morgan fingerprint density at radius 1 is 1.67 bits per heavy atom. The van der Waals surface area contributed by atoms with E-state index < -0.39 is 0 Å². The molecule has 2 N–H and O–H groups in total. The van der Waals surface area contributed by atoms with Crippen LogP contribution < -0.4 is 5.73 Å². The van der Waals surface area contributed by atoms with Crippen LogP contribution in [-0.4, -0.2) is 28.8 Å². The van der Waals surface area contributed by atoms with Crippen LogP contribution in [0, 0.1) is 0 Å². The van der Waals surface area contributed by atoms with Gasteiger partial charge in [-0.3, -0.25) is 0 Å². The summed E-state index contributed by atoms with van der Waals surface area (Å²) in [5, 5.41) is 0. The molecule has 1 aromatic heterocycles. The zero-order valence-electron chi connectivity index (χ0n) is 8.93. The van der Waals surface area contributed by atoms with Gasteiger partial charge in [-0.25, -0.2) is 4.98 Å². The van der Waals surface area contributed by atoms with Crippen LogP contribution in [0.5, 0.6) is 0 Å². The van der Waals surface area contributed by atoms with Crippen LogP contribution in [0.3, 0.4) is 0 Å². The molecule has 0 aromatic carbocycles. The van der Waals surface area contributed by atoms with E-state index in [1.54, 1.807) is 12.5 Å². The van der Waals surface area contributed by atoms with Crippen molar-refractivity contribution in [3.8, 4) is 0 Å². The molecule has 1 aromatic rings. The minimum Gasteiger partial charge on any atom is -0.344 e. The molecule has 84 valence electrons. The molecule has 1 fully saturated rings. The Hall–Kier alpha value is -0.910. The highest BCUT2D eigenvalue weighted by Crippen LogP contribution is 2.26. The molecule has 1 saturated heterocycles. The lowest BCUT2D eigenvalue weighted by molar-refractivity contribution is -0.0637. The molecule has 2 heterocycles. The minimum atomic E-state index is -0.299. The van der Waals surface area contributed by atoms with Crippen molar-refractivity contribution in [3.05, 3.63) is 18.2 Å². The molecule has 2 atom stereocenters. The number of hydrogen-bond donors (Lipinski definition) is 1. The number of aryl methyl sites for hydroxylation is 1. The van der Waals surface area contributed by atoms with Crippen molar-refractivity contribution in [2.75, 3.05) is 13.2 Å². The van der Waals surface area contributed by atoms with Crippen molar-refractivity contribution in [2.45, 2.75) is 32.3 Å². The summed E-state index contributed by atoms with van der Waals surface area (Å²) in [6, 6.07) is 0. The van der Waals surface area contributed by atoms with Crippen molar-refractivity contribution in [1.82, 2.24) is 9.55 Å². The summed E-state index contributed by atoms with van der Waals surface area (Å²) in [4.78, 5) is 4.11. The fraction of sp³-hybridized carbons (Fsp3) is 0.700. The van der Waals surface area contributed by atoms with Crippen LogP contribution in [0.1, 0.15) is 25.3 Å². The Balaban J connectivity index is 2.06. The first kappa shape index (κ1) is 10.6. The second kappa shape index (κ2) is 4.74. The Morgan fingerprint density at radius 3 is 3.20 bits per heavy atom. The third-order valence-electron chi connectivity index (χ3n) is 2.46. The van der Waals surface area contributed by atoms with E-state index in [0.29, 0.717) is 13.2 Å². The van der Waals surface area contributed by atoms with Crippen molar-refractivity contribution in [1.29, 1.82) is 0 Å². The SMILES string of the molecule is CCCn1cncc1C1OCC(CN)O1. The standard InChI is InChI=1S/C10H17N3O2/c1-2-3-13-7-12-5-9(13)10-14-6-8(4-11)15-10/h5,7-8,10H,2-4,6,11H2,1H3. The van der Waals surface area contributed by atoms with Crippen molar-refractivity contribution in [2.24, 2.45) is 5.73 Å². The number of nitrogens with two attached hydrogens (primary N) is 1. The van der Waals surface area contributed by atoms with Gasteiger partial charge in [-0.1, -0.05) is 6.92 Å². The van der Waals surface area contributed by atoms with Gasteiger partial charge in [0.1, 0.15) is 0 Å². The lowest BCUT2D eigenvalue weighted by Gasteiger charge is -2.12. The monoisotopic (exact) mass is 211 g/mol. The van der Waals surface area contributed by atoms with Crippen LogP contribution in [0.2, 0.25) is 0 Å². The van der Waals surface area contributed by atoms with Gasteiger partial charge in [-0.05, 0) is 6.42 Å². The highest BCUT2D eigenvalue weighted by atomic mass is 16.7. The maximum absolute atomic E-state index is 5.63. The van der Waals surface area contributed by atoms with E-state index in [4.69, 9.17) is 15.2 Å². The normalized spacial score (nSPS) is 26.0. The van der Waals surface area contributed by atoms with E-state index in [1.807, 2.05) is 0 Å². The first-order valence-corrected chi connectivity index (χ1v) is 5.32. The highest BCUT2D eigenvalue weighted by Gasteiger charge is 2.28. The largest absolute Gasteiger partial charge is 0.344 e. The quantitative estimate of drug-likeness (QED) is 0.795. The molecule has 0 bridgehead atoms. The number of nitrogens with zero attached hydrogens (tertiary/aromatic N) is 2. The molecule has 5 nitrogen and oxygen atoms in total. The fourth-order valence-electron chi connectivity index (χ4n) is 1.68. The van der Waals surface area contributed by atoms with E-state index in [1.165, 1.54) is 0 Å². The molecule has 5 heteroatoms. The topological polar surface area (TPSA) is 62.3 Å². The van der Waals surface area contributed by atoms with Crippen LogP contribution in [0.4, 0.5) is 0 Å². The van der Waals surface area contributed by atoms with Crippen LogP contribution >= 0.6 is 0 Å². The van der Waals surface area contributed by atoms with E-state index in [9.17, 15) is 0 Å². The molecule has 2 rings (SSSR count). The van der Waals surface area contributed by atoms with Gasteiger partial charge in [-0.2, -0.15) is 0 Å². The highest BCUT2D eigenvalue weighted by molar-refractivity contribution is 5.01. The van der Waals surface area contributed by atoms with E-state index in [0.717, 1.165) is 18.7 Å². The Bertz CT molecular complexity index is 313. The molecule has 2 unspecified atom stereocenters. The van der Waals surface area contributed by atoms with Crippen LogP contribution in [-0.2, 0) is 16.0 Å². The van der Waals surface area contributed by atoms with E-state index in [2.05, 4.69) is 16.5 Å². The first-order chi connectivity index (χ1) is 7.35. The second-order valence-electron chi connectivity index (χ2n) is 3.67. The molecule has 0 saturated carbocycles. The molecule has 1 aliphatic rings. The van der Waals surface area contributed by atoms with Gasteiger partial charge in [0.25, 0.3) is 0 Å². The molecule has 15 heavy (non-hydrogen) atoms. The maximum Gasteiger partial charge on any atom is 0.201 e. The van der Waals surface area contributed by atoms with Gasteiger partial charge in [0.2, 0.25) is 6.29 Å². The summed E-state index contributed by atoms with van der Waals surface area (Å²) in [6.45, 7) is 4.13. The molecule has 0 radical (unpaired) electrons. The Labute approximate surface area is 89.2 Å². The van der Waals surface area contributed by atoms with Gasteiger partial charge < -0.3 is 19.8 Å². The number of rotatable bonds is 4. The average Bonchev–Trinajstić information content (AvgIpc) is 2.85. The lowest BCUT2D eigenvalue weighted by Crippen LogP contribution is -2.22. The van der Waals surface area contributed by atoms with Gasteiger partial charge in [0, 0.05) is 13.1 Å². The zero-order chi connectivity index (χ0) is 10.7. The molecule has 1 aliphatic heterocycles. The fourth-order valence-corrected chi connectivity index (χ4v) is 1.68. The predicted molar refractivity (Wildman–Crippen MR) is 55.1 cm³/mol. The number of imidazole rings is 1. The van der Waals surface area contributed by atoms with E-state index >= 15 is 0 Å². The van der Waals surface area contributed by atoms with Gasteiger partial charge in [-0.15, -0.1) is 0 Å².